The van der Waals surface area contributed by atoms with Crippen LogP contribution in [0, 0.1) is 11.6 Å². The lowest BCUT2D eigenvalue weighted by Crippen LogP contribution is -2.33. The van der Waals surface area contributed by atoms with Gasteiger partial charge >= 0.3 is 6.09 Å². The van der Waals surface area contributed by atoms with Crippen molar-refractivity contribution in [1.29, 1.82) is 0 Å². The van der Waals surface area contributed by atoms with Crippen molar-refractivity contribution in [3.05, 3.63) is 146 Å². The summed E-state index contributed by atoms with van der Waals surface area (Å²) in [7, 11) is 1.61. The van der Waals surface area contributed by atoms with Crippen LogP contribution in [0.3, 0.4) is 0 Å². The molecule has 0 bridgehead atoms. The van der Waals surface area contributed by atoms with Crippen LogP contribution in [0.1, 0.15) is 27.2 Å². The number of hydrogen-bond acceptors (Lipinski definition) is 15. The molecule has 0 spiro atoms. The van der Waals surface area contributed by atoms with Crippen molar-refractivity contribution in [3.63, 3.8) is 0 Å². The topological polar surface area (TPSA) is 224 Å². The molecule has 4 aromatic carbocycles. The maximum atomic E-state index is 14.4. The predicted octanol–water partition coefficient (Wildman–Crippen LogP) is 9.77. The van der Waals surface area contributed by atoms with E-state index in [0.29, 0.717) is 78.4 Å². The fourth-order valence-corrected chi connectivity index (χ4v) is 5.61. The molecule has 3 amide bonds. The molecule has 69 heavy (non-hydrogen) atoms. The van der Waals surface area contributed by atoms with E-state index in [-0.39, 0.29) is 35.3 Å². The minimum absolute atomic E-state index is 0.00998. The van der Waals surface area contributed by atoms with Gasteiger partial charge in [0.05, 0.1) is 25.6 Å². The zero-order chi connectivity index (χ0) is 49.6. The van der Waals surface area contributed by atoms with Gasteiger partial charge in [-0.2, -0.15) is 9.97 Å². The lowest BCUT2D eigenvalue weighted by atomic mass is 10.2. The minimum atomic E-state index is -0.645. The van der Waals surface area contributed by atoms with Gasteiger partial charge in [0.25, 0.3) is 0 Å². The number of aromatic nitrogens is 4. The summed E-state index contributed by atoms with van der Waals surface area (Å²) < 4.78 is 50.0. The molecule has 0 aliphatic rings. The molecule has 2 aromatic heterocycles. The van der Waals surface area contributed by atoms with Gasteiger partial charge in [-0.3, -0.25) is 9.59 Å². The summed E-state index contributed by atoms with van der Waals surface area (Å²) in [5.41, 5.74) is 2.93. The van der Waals surface area contributed by atoms with Gasteiger partial charge in [-0.25, -0.2) is 23.5 Å². The van der Waals surface area contributed by atoms with Gasteiger partial charge in [0.15, 0.2) is 23.3 Å². The quantitative estimate of drug-likeness (QED) is 0.0263. The summed E-state index contributed by atoms with van der Waals surface area (Å²) in [6, 6.07) is 27.9. The molecular formula is C49H53F2N11O7. The van der Waals surface area contributed by atoms with Gasteiger partial charge in [0.2, 0.25) is 23.7 Å². The number of nitrogens with one attached hydrogen (secondary N) is 7. The molecule has 0 saturated heterocycles. The molecule has 2 heterocycles. The number of ether oxygens (including phenoxy) is 4. The first-order chi connectivity index (χ1) is 33.2. The van der Waals surface area contributed by atoms with Gasteiger partial charge in [-0.1, -0.05) is 31.4 Å². The number of alkyl carbamates (subject to hydrolysis) is 1. The number of carbonyl (C=O) groups excluding carboxylic acids is 3. The molecule has 0 saturated carbocycles. The van der Waals surface area contributed by atoms with Crippen molar-refractivity contribution in [2.75, 3.05) is 65.4 Å². The Morgan fingerprint density at radius 3 is 1.62 bits per heavy atom. The van der Waals surface area contributed by atoms with Crippen LogP contribution in [0.2, 0.25) is 0 Å². The molecular weight excluding hydrogens is 893 g/mol. The Bertz CT molecular complexity index is 2690. The van der Waals surface area contributed by atoms with Crippen LogP contribution in [0.15, 0.2) is 135 Å². The Kier molecular flexibility index (Phi) is 19.3. The lowest BCUT2D eigenvalue weighted by molar-refractivity contribution is -0.112. The number of halogens is 2. The molecule has 7 N–H and O–H groups in total. The van der Waals surface area contributed by atoms with Gasteiger partial charge in [0, 0.05) is 53.8 Å². The number of hydrogen-bond donors (Lipinski definition) is 7. The monoisotopic (exact) mass is 945 g/mol. The van der Waals surface area contributed by atoms with E-state index in [1.165, 1.54) is 6.08 Å². The van der Waals surface area contributed by atoms with Gasteiger partial charge in [0.1, 0.15) is 23.7 Å². The van der Waals surface area contributed by atoms with Crippen LogP contribution in [0.4, 0.5) is 71.2 Å². The average Bonchev–Trinajstić information content (AvgIpc) is 3.31. The second-order valence-corrected chi connectivity index (χ2v) is 15.4. The number of carbonyl (C=O) groups is 3. The summed E-state index contributed by atoms with van der Waals surface area (Å²) in [4.78, 5) is 51.1. The summed E-state index contributed by atoms with van der Waals surface area (Å²) in [5.74, 6) is -0.321. The van der Waals surface area contributed by atoms with E-state index in [9.17, 15) is 23.2 Å². The van der Waals surface area contributed by atoms with E-state index in [2.05, 4.69) is 70.3 Å². The third-order valence-corrected chi connectivity index (χ3v) is 8.66. The highest BCUT2D eigenvalue weighted by molar-refractivity contribution is 5.99. The third-order valence-electron chi connectivity index (χ3n) is 8.66. The van der Waals surface area contributed by atoms with E-state index < -0.39 is 23.3 Å². The number of methoxy groups -OCH3 is 1. The molecule has 18 nitrogen and oxygen atoms in total. The summed E-state index contributed by atoms with van der Waals surface area (Å²) >= 11 is 0. The van der Waals surface area contributed by atoms with Crippen molar-refractivity contribution in [3.8, 4) is 11.5 Å². The van der Waals surface area contributed by atoms with E-state index in [1.807, 2.05) is 0 Å². The van der Waals surface area contributed by atoms with Crippen molar-refractivity contribution >= 4 is 75.6 Å². The highest BCUT2D eigenvalue weighted by Crippen LogP contribution is 2.26. The average molecular weight is 946 g/mol. The molecule has 0 radical (unpaired) electrons. The van der Waals surface area contributed by atoms with Crippen molar-refractivity contribution < 1.29 is 42.1 Å². The van der Waals surface area contributed by atoms with Crippen LogP contribution >= 0.6 is 0 Å². The molecule has 0 unspecified atom stereocenters. The number of rotatable bonds is 21. The van der Waals surface area contributed by atoms with Crippen molar-refractivity contribution in [2.24, 2.45) is 0 Å². The van der Waals surface area contributed by atoms with Crippen molar-refractivity contribution in [2.45, 2.75) is 32.8 Å². The molecule has 20 heteroatoms. The maximum Gasteiger partial charge on any atom is 0.407 e. The number of anilines is 10. The van der Waals surface area contributed by atoms with Crippen LogP contribution in [0.25, 0.3) is 0 Å². The smallest absolute Gasteiger partial charge is 0.407 e. The third kappa shape index (κ3) is 18.3. The number of nitrogens with zero attached hydrogens (tertiary/aromatic N) is 4. The molecule has 0 aliphatic heterocycles. The Morgan fingerprint density at radius 2 is 1.10 bits per heavy atom. The summed E-state index contributed by atoms with van der Waals surface area (Å²) in [5, 5.41) is 19.8. The van der Waals surface area contributed by atoms with Gasteiger partial charge in [-0.05, 0) is 112 Å². The first-order valence-electron chi connectivity index (χ1n) is 21.3. The molecule has 6 rings (SSSR count). The Balaban J connectivity index is 0.000000263. The Labute approximate surface area is 398 Å². The number of benzene rings is 4. The normalized spacial score (nSPS) is 10.5. The standard InChI is InChI=1S/C27H31FN6O4.C22H22FN5O3/c1-5-23(35)31-18-9-6-10-19(15-18)32-24-22(28)17-30-25(34-24)33-20-11-7-12-21(16-20)37-14-8-13-29-26(36)38-27(2,3)4;1-3-20(29)25-16-5-4-6-17(13-16)26-21-19(23)14-24-22(28-21)27-15-7-9-18(10-8-15)31-12-11-30-2/h5-7,9-12,15-17H,1,8,13-14H2,2-4H3,(H,29,36)(H,31,35)(H2,30,32,33,34);3-10,13-14H,1,11-12H2,2H3,(H,25,29)(H2,24,26,27,28). The minimum Gasteiger partial charge on any atom is -0.493 e. The molecule has 0 atom stereocenters. The largest absolute Gasteiger partial charge is 0.493 e. The maximum absolute atomic E-state index is 14.4. The molecule has 0 aliphatic carbocycles. The molecule has 0 fully saturated rings. The lowest BCUT2D eigenvalue weighted by Gasteiger charge is -2.19. The Morgan fingerprint density at radius 1 is 0.609 bits per heavy atom. The zero-order valence-corrected chi connectivity index (χ0v) is 38.4. The second-order valence-electron chi connectivity index (χ2n) is 15.4. The first-order valence-corrected chi connectivity index (χ1v) is 21.3. The highest BCUT2D eigenvalue weighted by Gasteiger charge is 2.16. The first kappa shape index (κ1) is 51.3. The molecule has 360 valence electrons. The fourth-order valence-electron chi connectivity index (χ4n) is 5.61. The fraction of sp³-hybridized carbons (Fsp3) is 0.204. The van der Waals surface area contributed by atoms with Gasteiger partial charge < -0.3 is 56.2 Å². The van der Waals surface area contributed by atoms with Crippen LogP contribution in [-0.2, 0) is 19.1 Å². The van der Waals surface area contributed by atoms with Crippen molar-refractivity contribution in [1.82, 2.24) is 25.3 Å². The van der Waals surface area contributed by atoms with E-state index in [4.69, 9.17) is 18.9 Å². The molecule has 6 aromatic rings. The second kappa shape index (κ2) is 25.9. The summed E-state index contributed by atoms with van der Waals surface area (Å²) in [6.07, 6.45) is 4.57. The summed E-state index contributed by atoms with van der Waals surface area (Å²) in [6.45, 7) is 14.0. The van der Waals surface area contributed by atoms with E-state index in [0.717, 1.165) is 18.5 Å². The van der Waals surface area contributed by atoms with E-state index >= 15 is 0 Å². The van der Waals surface area contributed by atoms with Crippen LogP contribution < -0.4 is 46.7 Å². The van der Waals surface area contributed by atoms with Gasteiger partial charge in [-0.15, -0.1) is 0 Å². The van der Waals surface area contributed by atoms with Crippen LogP contribution in [0.5, 0.6) is 11.5 Å². The number of amides is 3. The SMILES string of the molecule is C=CC(=O)Nc1cccc(Nc2nc(Nc3ccc(OCCOC)cc3)ncc2F)c1.C=CC(=O)Nc1cccc(Nc2nc(Nc3cccc(OCCCNC(=O)OC(C)(C)C)c3)ncc2F)c1. The highest BCUT2D eigenvalue weighted by atomic mass is 19.1. The predicted molar refractivity (Wildman–Crippen MR) is 262 cm³/mol. The zero-order valence-electron chi connectivity index (χ0n) is 38.4. The van der Waals surface area contributed by atoms with Crippen LogP contribution in [-0.4, -0.2) is 76.9 Å². The Hall–Kier alpha value is -8.65. The van der Waals surface area contributed by atoms with E-state index in [1.54, 1.807) is 125 Å².